The maximum absolute atomic E-state index is 13.2. The fourth-order valence-electron chi connectivity index (χ4n) is 1.17. The van der Waals surface area contributed by atoms with Crippen molar-refractivity contribution >= 4 is 0 Å². The molecule has 0 aliphatic rings. The zero-order chi connectivity index (χ0) is 10.0. The molecule has 0 aromatic heterocycles. The molecule has 13 heavy (non-hydrogen) atoms. The summed E-state index contributed by atoms with van der Waals surface area (Å²) in [4.78, 5) is 0. The van der Waals surface area contributed by atoms with E-state index in [2.05, 4.69) is 0 Å². The summed E-state index contributed by atoms with van der Waals surface area (Å²) in [5, 5.41) is 8.67. The summed E-state index contributed by atoms with van der Waals surface area (Å²) in [5.74, 6) is -1.84. The summed E-state index contributed by atoms with van der Waals surface area (Å²) in [6.07, 6.45) is 0. The van der Waals surface area contributed by atoms with Gasteiger partial charge in [0.2, 0.25) is 0 Å². The van der Waals surface area contributed by atoms with Gasteiger partial charge in [0, 0.05) is 5.56 Å². The standard InChI is InChI=1S/C10H12F2O/c1-6(2)8-4-3-7(5-13)9(11)10(8)12/h3-4,6,13H,5H2,1-2H3. The fourth-order valence-corrected chi connectivity index (χ4v) is 1.17. The highest BCUT2D eigenvalue weighted by molar-refractivity contribution is 5.27. The Morgan fingerprint density at radius 3 is 2.31 bits per heavy atom. The van der Waals surface area contributed by atoms with Crippen LogP contribution in [0, 0.1) is 11.6 Å². The molecular weight excluding hydrogens is 174 g/mol. The van der Waals surface area contributed by atoms with Gasteiger partial charge in [-0.2, -0.15) is 0 Å². The quantitative estimate of drug-likeness (QED) is 0.752. The Morgan fingerprint density at radius 2 is 1.85 bits per heavy atom. The SMILES string of the molecule is CC(C)c1ccc(CO)c(F)c1F. The Kier molecular flexibility index (Phi) is 2.98. The molecule has 1 rings (SSSR count). The van der Waals surface area contributed by atoms with E-state index < -0.39 is 18.2 Å². The van der Waals surface area contributed by atoms with Gasteiger partial charge in [-0.15, -0.1) is 0 Å². The van der Waals surface area contributed by atoms with Gasteiger partial charge in [0.15, 0.2) is 11.6 Å². The number of hydrogen-bond donors (Lipinski definition) is 1. The van der Waals surface area contributed by atoms with Crippen LogP contribution in [0.15, 0.2) is 12.1 Å². The van der Waals surface area contributed by atoms with E-state index in [1.807, 2.05) is 0 Å². The van der Waals surface area contributed by atoms with Crippen LogP contribution in [0.2, 0.25) is 0 Å². The Hall–Kier alpha value is -0.960. The number of aliphatic hydroxyl groups excluding tert-OH is 1. The van der Waals surface area contributed by atoms with Crippen LogP contribution >= 0.6 is 0 Å². The summed E-state index contributed by atoms with van der Waals surface area (Å²) in [6.45, 7) is 3.11. The lowest BCUT2D eigenvalue weighted by atomic mass is 10.0. The first-order valence-corrected chi connectivity index (χ1v) is 4.15. The maximum Gasteiger partial charge on any atom is 0.164 e. The summed E-state index contributed by atoms with van der Waals surface area (Å²) in [7, 11) is 0. The molecule has 72 valence electrons. The van der Waals surface area contributed by atoms with Crippen molar-refractivity contribution in [3.63, 3.8) is 0 Å². The molecule has 1 N–H and O–H groups in total. The molecule has 0 heterocycles. The molecule has 0 saturated carbocycles. The fraction of sp³-hybridized carbons (Fsp3) is 0.400. The minimum Gasteiger partial charge on any atom is -0.392 e. The molecule has 1 aromatic carbocycles. The molecule has 0 fully saturated rings. The smallest absolute Gasteiger partial charge is 0.164 e. The van der Waals surface area contributed by atoms with Gasteiger partial charge in [0.05, 0.1) is 6.61 Å². The summed E-state index contributed by atoms with van der Waals surface area (Å²) in [6, 6.07) is 2.92. The largest absolute Gasteiger partial charge is 0.392 e. The average molecular weight is 186 g/mol. The zero-order valence-corrected chi connectivity index (χ0v) is 7.64. The lowest BCUT2D eigenvalue weighted by molar-refractivity contribution is 0.273. The van der Waals surface area contributed by atoms with Gasteiger partial charge in [0.1, 0.15) is 0 Å². The van der Waals surface area contributed by atoms with Crippen molar-refractivity contribution in [2.45, 2.75) is 26.4 Å². The Balaban J connectivity index is 3.23. The Labute approximate surface area is 76.0 Å². The highest BCUT2D eigenvalue weighted by atomic mass is 19.2. The molecule has 0 amide bonds. The van der Waals surface area contributed by atoms with E-state index in [0.29, 0.717) is 5.56 Å². The second-order valence-corrected chi connectivity index (χ2v) is 3.25. The van der Waals surface area contributed by atoms with Crippen molar-refractivity contribution in [2.75, 3.05) is 0 Å². The third-order valence-electron chi connectivity index (χ3n) is 1.98. The maximum atomic E-state index is 13.2. The van der Waals surface area contributed by atoms with Crippen molar-refractivity contribution in [1.29, 1.82) is 0 Å². The van der Waals surface area contributed by atoms with E-state index in [-0.39, 0.29) is 11.5 Å². The number of hydrogen-bond acceptors (Lipinski definition) is 1. The van der Waals surface area contributed by atoms with Crippen molar-refractivity contribution in [1.82, 2.24) is 0 Å². The number of halogens is 2. The first-order valence-electron chi connectivity index (χ1n) is 4.15. The normalized spacial score (nSPS) is 10.9. The summed E-state index contributed by atoms with van der Waals surface area (Å²) < 4.78 is 26.3. The van der Waals surface area contributed by atoms with E-state index in [4.69, 9.17) is 5.11 Å². The van der Waals surface area contributed by atoms with Crippen molar-refractivity contribution in [2.24, 2.45) is 0 Å². The molecule has 0 atom stereocenters. The minimum atomic E-state index is -0.936. The first kappa shape index (κ1) is 10.1. The number of rotatable bonds is 2. The molecule has 0 saturated heterocycles. The molecule has 1 nitrogen and oxygen atoms in total. The number of benzene rings is 1. The predicted octanol–water partition coefficient (Wildman–Crippen LogP) is 2.58. The second-order valence-electron chi connectivity index (χ2n) is 3.25. The van der Waals surface area contributed by atoms with E-state index in [9.17, 15) is 8.78 Å². The molecule has 0 unspecified atom stereocenters. The van der Waals surface area contributed by atoms with Crippen LogP contribution in [0.4, 0.5) is 8.78 Å². The van der Waals surface area contributed by atoms with Gasteiger partial charge in [-0.3, -0.25) is 0 Å². The third kappa shape index (κ3) is 1.86. The summed E-state index contributed by atoms with van der Waals surface area (Å²) >= 11 is 0. The molecule has 0 radical (unpaired) electrons. The molecule has 0 spiro atoms. The monoisotopic (exact) mass is 186 g/mol. The molecule has 3 heteroatoms. The van der Waals surface area contributed by atoms with Crippen LogP contribution in [0.3, 0.4) is 0 Å². The van der Waals surface area contributed by atoms with Crippen LogP contribution in [0.1, 0.15) is 30.9 Å². The van der Waals surface area contributed by atoms with E-state index in [1.165, 1.54) is 12.1 Å². The van der Waals surface area contributed by atoms with E-state index in [0.717, 1.165) is 0 Å². The van der Waals surface area contributed by atoms with Gasteiger partial charge in [-0.25, -0.2) is 8.78 Å². The highest BCUT2D eigenvalue weighted by Gasteiger charge is 2.14. The molecule has 1 aromatic rings. The van der Waals surface area contributed by atoms with Gasteiger partial charge in [-0.05, 0) is 11.5 Å². The van der Waals surface area contributed by atoms with E-state index >= 15 is 0 Å². The van der Waals surface area contributed by atoms with Crippen molar-refractivity contribution < 1.29 is 13.9 Å². The van der Waals surface area contributed by atoms with Crippen LogP contribution in [0.25, 0.3) is 0 Å². The first-order chi connectivity index (χ1) is 6.07. The Bertz CT molecular complexity index is 308. The minimum absolute atomic E-state index is 0.00176. The molecule has 0 bridgehead atoms. The van der Waals surface area contributed by atoms with E-state index in [1.54, 1.807) is 13.8 Å². The second kappa shape index (κ2) is 3.83. The van der Waals surface area contributed by atoms with Crippen LogP contribution in [-0.2, 0) is 6.61 Å². The Morgan fingerprint density at radius 1 is 1.23 bits per heavy atom. The van der Waals surface area contributed by atoms with Crippen LogP contribution < -0.4 is 0 Å². The average Bonchev–Trinajstić information content (AvgIpc) is 2.09. The summed E-state index contributed by atoms with van der Waals surface area (Å²) in [5.41, 5.74) is 0.344. The predicted molar refractivity (Wildman–Crippen MR) is 46.4 cm³/mol. The lowest BCUT2D eigenvalue weighted by Gasteiger charge is -2.09. The highest BCUT2D eigenvalue weighted by Crippen LogP contribution is 2.22. The van der Waals surface area contributed by atoms with Gasteiger partial charge in [0.25, 0.3) is 0 Å². The lowest BCUT2D eigenvalue weighted by Crippen LogP contribution is -2.00. The zero-order valence-electron chi connectivity index (χ0n) is 7.64. The number of aliphatic hydroxyl groups is 1. The van der Waals surface area contributed by atoms with Gasteiger partial charge in [-0.1, -0.05) is 26.0 Å². The van der Waals surface area contributed by atoms with Crippen molar-refractivity contribution in [3.05, 3.63) is 34.9 Å². The topological polar surface area (TPSA) is 20.2 Å². The molecule has 0 aliphatic carbocycles. The van der Waals surface area contributed by atoms with Crippen LogP contribution in [-0.4, -0.2) is 5.11 Å². The van der Waals surface area contributed by atoms with Crippen molar-refractivity contribution in [3.8, 4) is 0 Å². The molecular formula is C10H12F2O. The van der Waals surface area contributed by atoms with Gasteiger partial charge < -0.3 is 5.11 Å². The van der Waals surface area contributed by atoms with Crippen LogP contribution in [0.5, 0.6) is 0 Å². The molecule has 0 aliphatic heterocycles. The third-order valence-corrected chi connectivity index (χ3v) is 1.98. The van der Waals surface area contributed by atoms with Gasteiger partial charge >= 0.3 is 0 Å².